The number of carbonyl (C=O) groups is 1. The van der Waals surface area contributed by atoms with Gasteiger partial charge in [0.15, 0.2) is 0 Å². The minimum absolute atomic E-state index is 0.0964. The zero-order valence-corrected chi connectivity index (χ0v) is 13.2. The lowest BCUT2D eigenvalue weighted by atomic mass is 10.1. The first-order valence-electron chi connectivity index (χ1n) is 5.64. The van der Waals surface area contributed by atoms with Gasteiger partial charge in [-0.15, -0.1) is 0 Å². The molecule has 0 bridgehead atoms. The fourth-order valence-corrected chi connectivity index (χ4v) is 2.80. The fourth-order valence-electron chi connectivity index (χ4n) is 1.65. The van der Waals surface area contributed by atoms with Gasteiger partial charge in [0.2, 0.25) is 5.91 Å². The third kappa shape index (κ3) is 3.81. The minimum Gasteiger partial charge on any atom is -0.398 e. The summed E-state index contributed by atoms with van der Waals surface area (Å²) >= 11 is 6.77. The summed E-state index contributed by atoms with van der Waals surface area (Å²) in [5.74, 6) is -0.0964. The Morgan fingerprint density at radius 2 is 1.89 bits per heavy atom. The summed E-state index contributed by atoms with van der Waals surface area (Å²) < 4.78 is 1.78. The third-order valence-corrected chi connectivity index (χ3v) is 3.76. The number of nitrogens with two attached hydrogens (primary N) is 1. The van der Waals surface area contributed by atoms with Crippen LogP contribution >= 0.6 is 31.9 Å². The molecule has 0 saturated carbocycles. The maximum absolute atomic E-state index is 12.0. The molecule has 0 saturated heterocycles. The molecule has 98 valence electrons. The van der Waals surface area contributed by atoms with Gasteiger partial charge in [0.05, 0.1) is 12.1 Å². The molecule has 3 N–H and O–H groups in total. The van der Waals surface area contributed by atoms with Crippen LogP contribution in [0.5, 0.6) is 0 Å². The second-order valence-electron chi connectivity index (χ2n) is 4.05. The van der Waals surface area contributed by atoms with Crippen molar-refractivity contribution in [1.82, 2.24) is 0 Å². The van der Waals surface area contributed by atoms with Crippen LogP contribution in [0.25, 0.3) is 0 Å². The number of anilines is 2. The standard InChI is InChI=1S/C14H12Br2N2O/c15-10-5-6-13(11(16)8-10)18-14(19)7-9-3-1-2-4-12(9)17/h1-6,8H,7,17H2,(H,18,19). The monoisotopic (exact) mass is 382 g/mol. The summed E-state index contributed by atoms with van der Waals surface area (Å²) in [4.78, 5) is 12.0. The van der Waals surface area contributed by atoms with Gasteiger partial charge in [-0.1, -0.05) is 34.1 Å². The molecule has 0 fully saturated rings. The Morgan fingerprint density at radius 3 is 2.58 bits per heavy atom. The molecule has 0 radical (unpaired) electrons. The molecule has 0 aliphatic carbocycles. The molecule has 1 amide bonds. The molecule has 0 aliphatic heterocycles. The zero-order valence-electron chi connectivity index (χ0n) is 9.99. The van der Waals surface area contributed by atoms with E-state index in [1.165, 1.54) is 0 Å². The number of nitrogen functional groups attached to an aromatic ring is 1. The molecular formula is C14H12Br2N2O. The maximum atomic E-state index is 12.0. The van der Waals surface area contributed by atoms with E-state index in [-0.39, 0.29) is 12.3 Å². The molecule has 0 heterocycles. The van der Waals surface area contributed by atoms with Crippen molar-refractivity contribution in [2.24, 2.45) is 0 Å². The molecule has 0 aromatic heterocycles. The predicted molar refractivity (Wildman–Crippen MR) is 85.0 cm³/mol. The van der Waals surface area contributed by atoms with E-state index in [4.69, 9.17) is 5.73 Å². The number of hydrogen-bond acceptors (Lipinski definition) is 2. The molecule has 19 heavy (non-hydrogen) atoms. The van der Waals surface area contributed by atoms with Crippen LogP contribution in [-0.4, -0.2) is 5.91 Å². The van der Waals surface area contributed by atoms with E-state index in [1.807, 2.05) is 36.4 Å². The molecule has 0 spiro atoms. The van der Waals surface area contributed by atoms with Crippen LogP contribution in [0.4, 0.5) is 11.4 Å². The van der Waals surface area contributed by atoms with Crippen LogP contribution < -0.4 is 11.1 Å². The highest BCUT2D eigenvalue weighted by Gasteiger charge is 2.08. The van der Waals surface area contributed by atoms with Crippen molar-refractivity contribution in [2.45, 2.75) is 6.42 Å². The van der Waals surface area contributed by atoms with Crippen molar-refractivity contribution >= 4 is 49.1 Å². The summed E-state index contributed by atoms with van der Waals surface area (Å²) in [5, 5.41) is 2.85. The van der Waals surface area contributed by atoms with Gasteiger partial charge >= 0.3 is 0 Å². The Balaban J connectivity index is 2.08. The SMILES string of the molecule is Nc1ccccc1CC(=O)Nc1ccc(Br)cc1Br. The highest BCUT2D eigenvalue weighted by atomic mass is 79.9. The second-order valence-corrected chi connectivity index (χ2v) is 5.82. The van der Waals surface area contributed by atoms with E-state index in [0.717, 1.165) is 20.2 Å². The Kier molecular flexibility index (Phi) is 4.61. The van der Waals surface area contributed by atoms with Gasteiger partial charge in [0.1, 0.15) is 0 Å². The highest BCUT2D eigenvalue weighted by Crippen LogP contribution is 2.26. The van der Waals surface area contributed by atoms with E-state index in [1.54, 1.807) is 6.07 Å². The van der Waals surface area contributed by atoms with Crippen LogP contribution in [0.3, 0.4) is 0 Å². The van der Waals surface area contributed by atoms with Gasteiger partial charge in [0, 0.05) is 14.6 Å². The number of amides is 1. The Morgan fingerprint density at radius 1 is 1.16 bits per heavy atom. The average Bonchev–Trinajstić information content (AvgIpc) is 2.36. The van der Waals surface area contributed by atoms with Crippen molar-refractivity contribution in [3.05, 3.63) is 57.0 Å². The number of halogens is 2. The number of nitrogens with one attached hydrogen (secondary N) is 1. The number of carbonyl (C=O) groups excluding carboxylic acids is 1. The van der Waals surface area contributed by atoms with Crippen molar-refractivity contribution in [2.75, 3.05) is 11.1 Å². The molecule has 0 atom stereocenters. The Hall–Kier alpha value is -1.33. The average molecular weight is 384 g/mol. The van der Waals surface area contributed by atoms with Crippen molar-refractivity contribution in [3.8, 4) is 0 Å². The minimum atomic E-state index is -0.0964. The van der Waals surface area contributed by atoms with E-state index in [0.29, 0.717) is 5.69 Å². The third-order valence-electron chi connectivity index (χ3n) is 2.61. The fraction of sp³-hybridized carbons (Fsp3) is 0.0714. The second kappa shape index (κ2) is 6.21. The van der Waals surface area contributed by atoms with Crippen LogP contribution in [-0.2, 0) is 11.2 Å². The first kappa shape index (κ1) is 14.1. The molecule has 0 unspecified atom stereocenters. The number of benzene rings is 2. The number of hydrogen-bond donors (Lipinski definition) is 2. The molecule has 2 rings (SSSR count). The number of para-hydroxylation sites is 1. The normalized spacial score (nSPS) is 10.2. The topological polar surface area (TPSA) is 55.1 Å². The van der Waals surface area contributed by atoms with Crippen LogP contribution in [0.2, 0.25) is 0 Å². The maximum Gasteiger partial charge on any atom is 0.228 e. The van der Waals surface area contributed by atoms with E-state index < -0.39 is 0 Å². The molecule has 0 aliphatic rings. The molecule has 2 aromatic carbocycles. The molecule has 2 aromatic rings. The molecule has 5 heteroatoms. The van der Waals surface area contributed by atoms with Gasteiger partial charge in [0.25, 0.3) is 0 Å². The predicted octanol–water partition coefficient (Wildman–Crippen LogP) is 3.98. The summed E-state index contributed by atoms with van der Waals surface area (Å²) in [6.07, 6.45) is 0.259. The Bertz CT molecular complexity index is 614. The summed E-state index contributed by atoms with van der Waals surface area (Å²) in [7, 11) is 0. The smallest absolute Gasteiger partial charge is 0.228 e. The van der Waals surface area contributed by atoms with Crippen molar-refractivity contribution < 1.29 is 4.79 Å². The van der Waals surface area contributed by atoms with Crippen LogP contribution in [0, 0.1) is 0 Å². The van der Waals surface area contributed by atoms with Crippen LogP contribution in [0.1, 0.15) is 5.56 Å². The summed E-state index contributed by atoms with van der Waals surface area (Å²) in [6.45, 7) is 0. The Labute approximate surface area is 128 Å². The summed E-state index contributed by atoms with van der Waals surface area (Å²) in [6, 6.07) is 12.9. The first-order valence-corrected chi connectivity index (χ1v) is 7.23. The molecular weight excluding hydrogens is 372 g/mol. The number of rotatable bonds is 3. The lowest BCUT2D eigenvalue weighted by Gasteiger charge is -2.09. The van der Waals surface area contributed by atoms with E-state index >= 15 is 0 Å². The van der Waals surface area contributed by atoms with Crippen molar-refractivity contribution in [1.29, 1.82) is 0 Å². The summed E-state index contributed by atoms with van der Waals surface area (Å²) in [5.41, 5.74) is 8.01. The van der Waals surface area contributed by atoms with Gasteiger partial charge in [-0.3, -0.25) is 4.79 Å². The zero-order chi connectivity index (χ0) is 13.8. The van der Waals surface area contributed by atoms with Crippen LogP contribution in [0.15, 0.2) is 51.4 Å². The van der Waals surface area contributed by atoms with Gasteiger partial charge in [-0.2, -0.15) is 0 Å². The highest BCUT2D eigenvalue weighted by molar-refractivity contribution is 9.11. The molecule has 3 nitrogen and oxygen atoms in total. The van der Waals surface area contributed by atoms with Gasteiger partial charge in [-0.25, -0.2) is 0 Å². The van der Waals surface area contributed by atoms with Gasteiger partial charge in [-0.05, 0) is 45.8 Å². The lowest BCUT2D eigenvalue weighted by molar-refractivity contribution is -0.115. The first-order chi connectivity index (χ1) is 9.06. The van der Waals surface area contributed by atoms with E-state index in [9.17, 15) is 4.79 Å². The lowest BCUT2D eigenvalue weighted by Crippen LogP contribution is -2.15. The van der Waals surface area contributed by atoms with Crippen molar-refractivity contribution in [3.63, 3.8) is 0 Å². The quantitative estimate of drug-likeness (QED) is 0.787. The van der Waals surface area contributed by atoms with Gasteiger partial charge < -0.3 is 11.1 Å². The largest absolute Gasteiger partial charge is 0.398 e. The van der Waals surface area contributed by atoms with E-state index in [2.05, 4.69) is 37.2 Å².